The van der Waals surface area contributed by atoms with Crippen molar-refractivity contribution in [3.05, 3.63) is 47.7 Å². The Bertz CT molecular complexity index is 998. The molecule has 1 aliphatic heterocycles. The Morgan fingerprint density at radius 3 is 2.54 bits per heavy atom. The number of hydrogen-bond acceptors (Lipinski definition) is 4. The minimum atomic E-state index is -0.492. The van der Waals surface area contributed by atoms with Gasteiger partial charge in [0.05, 0.1) is 11.9 Å². The highest BCUT2D eigenvalue weighted by Crippen LogP contribution is 2.25. The molecule has 0 N–H and O–H groups in total. The van der Waals surface area contributed by atoms with Gasteiger partial charge in [0, 0.05) is 30.9 Å². The van der Waals surface area contributed by atoms with E-state index in [-0.39, 0.29) is 0 Å². The van der Waals surface area contributed by atoms with Crippen LogP contribution in [0.25, 0.3) is 16.9 Å². The molecule has 3 aromatic rings. The predicted octanol–water partition coefficient (Wildman–Crippen LogP) is 2.24. The summed E-state index contributed by atoms with van der Waals surface area (Å²) >= 11 is 5.98. The van der Waals surface area contributed by atoms with Crippen LogP contribution in [0.3, 0.4) is 0 Å². The number of nitrogens with zero attached hydrogens (tertiary/aromatic N) is 5. The summed E-state index contributed by atoms with van der Waals surface area (Å²) in [5.41, 5.74) is 3.09. The second-order valence-electron chi connectivity index (χ2n) is 5.96. The fourth-order valence-electron chi connectivity index (χ4n) is 3.08. The van der Waals surface area contributed by atoms with Gasteiger partial charge in [0.2, 0.25) is 0 Å². The average Bonchev–Trinajstić information content (AvgIpc) is 3.07. The molecule has 0 saturated carbocycles. The van der Waals surface area contributed by atoms with Crippen molar-refractivity contribution in [2.45, 2.75) is 6.92 Å². The van der Waals surface area contributed by atoms with Crippen molar-refractivity contribution in [3.63, 3.8) is 0 Å². The molecule has 3 heterocycles. The maximum Gasteiger partial charge on any atom is 0.316 e. The number of halogens is 1. The van der Waals surface area contributed by atoms with Crippen LogP contribution in [-0.2, 0) is 9.59 Å². The van der Waals surface area contributed by atoms with Gasteiger partial charge in [0.1, 0.15) is 5.15 Å². The maximum atomic E-state index is 12.3. The molecule has 0 radical (unpaired) electrons. The van der Waals surface area contributed by atoms with Gasteiger partial charge >= 0.3 is 11.8 Å². The van der Waals surface area contributed by atoms with E-state index >= 15 is 0 Å². The summed E-state index contributed by atoms with van der Waals surface area (Å²) in [4.78, 5) is 31.8. The van der Waals surface area contributed by atoms with E-state index in [1.807, 2.05) is 31.2 Å². The minimum Gasteiger partial charge on any atom is -0.333 e. The Morgan fingerprint density at radius 1 is 1.04 bits per heavy atom. The van der Waals surface area contributed by atoms with Gasteiger partial charge in [0.25, 0.3) is 0 Å². The molecule has 0 atom stereocenters. The zero-order valence-electron chi connectivity index (χ0n) is 14.1. The van der Waals surface area contributed by atoms with Crippen LogP contribution in [0.15, 0.2) is 42.6 Å². The largest absolute Gasteiger partial charge is 0.333 e. The van der Waals surface area contributed by atoms with E-state index < -0.39 is 11.8 Å². The monoisotopic (exact) mass is 369 g/mol. The summed E-state index contributed by atoms with van der Waals surface area (Å²) < 4.78 is 1.67. The van der Waals surface area contributed by atoms with E-state index in [0.717, 1.165) is 11.3 Å². The van der Waals surface area contributed by atoms with E-state index in [1.165, 1.54) is 4.90 Å². The van der Waals surface area contributed by atoms with Crippen molar-refractivity contribution >= 4 is 34.7 Å². The summed E-state index contributed by atoms with van der Waals surface area (Å²) in [6.45, 7) is 3.44. The molecule has 0 spiro atoms. The molecule has 26 heavy (non-hydrogen) atoms. The molecule has 0 aliphatic carbocycles. The minimum absolute atomic E-state index is 0.381. The zero-order chi connectivity index (χ0) is 18.3. The first kappa shape index (κ1) is 16.5. The van der Waals surface area contributed by atoms with Crippen LogP contribution in [0.2, 0.25) is 5.15 Å². The Labute approximate surface area is 154 Å². The van der Waals surface area contributed by atoms with Gasteiger partial charge in [-0.1, -0.05) is 23.7 Å². The van der Waals surface area contributed by atoms with E-state index in [9.17, 15) is 9.59 Å². The molecule has 8 heteroatoms. The fourth-order valence-corrected chi connectivity index (χ4v) is 3.22. The number of carbonyl (C=O) groups excluding carboxylic acids is 2. The predicted molar refractivity (Wildman–Crippen MR) is 98.0 cm³/mol. The first-order valence-corrected chi connectivity index (χ1v) is 8.68. The van der Waals surface area contributed by atoms with Gasteiger partial charge in [-0.25, -0.2) is 9.50 Å². The summed E-state index contributed by atoms with van der Waals surface area (Å²) in [5, 5.41) is 4.65. The highest BCUT2D eigenvalue weighted by Gasteiger charge is 2.32. The molecule has 1 aromatic carbocycles. The second-order valence-corrected chi connectivity index (χ2v) is 6.35. The van der Waals surface area contributed by atoms with Crippen LogP contribution in [-0.4, -0.2) is 50.9 Å². The van der Waals surface area contributed by atoms with Crippen LogP contribution >= 0.6 is 11.6 Å². The van der Waals surface area contributed by atoms with Gasteiger partial charge in [-0.2, -0.15) is 5.10 Å². The smallest absolute Gasteiger partial charge is 0.316 e. The Hall–Kier alpha value is -2.93. The van der Waals surface area contributed by atoms with E-state index in [1.54, 1.807) is 27.7 Å². The summed E-state index contributed by atoms with van der Waals surface area (Å²) in [7, 11) is 0. The van der Waals surface area contributed by atoms with E-state index in [0.29, 0.717) is 36.1 Å². The van der Waals surface area contributed by atoms with Gasteiger partial charge in [0.15, 0.2) is 5.65 Å². The Morgan fingerprint density at radius 2 is 1.81 bits per heavy atom. The maximum absolute atomic E-state index is 12.3. The second kappa shape index (κ2) is 6.42. The SMILES string of the molecule is CCN1CCN(c2ccc(-c3cnc4ccc(Cl)nn34)cc2)C(=O)C1=O. The fraction of sp³-hybridized carbons (Fsp3) is 0.222. The Balaban J connectivity index is 1.64. The van der Waals surface area contributed by atoms with E-state index in [2.05, 4.69) is 10.1 Å². The number of fused-ring (bicyclic) bond motifs is 1. The lowest BCUT2D eigenvalue weighted by Crippen LogP contribution is -2.54. The standard InChI is InChI=1S/C18H16ClN5O2/c1-2-22-9-10-23(18(26)17(22)25)13-5-3-12(4-6-13)14-11-20-16-8-7-15(19)21-24(14)16/h3-8,11H,2,9-10H2,1H3. The van der Waals surface area contributed by atoms with Gasteiger partial charge in [-0.3, -0.25) is 9.59 Å². The number of imidazole rings is 1. The van der Waals surface area contributed by atoms with Gasteiger partial charge in [-0.05, 0) is 31.2 Å². The number of rotatable bonds is 3. The third-order valence-corrected chi connectivity index (χ3v) is 4.70. The average molecular weight is 370 g/mol. The van der Waals surface area contributed by atoms with Crippen LogP contribution in [0.1, 0.15) is 6.92 Å². The number of amides is 2. The zero-order valence-corrected chi connectivity index (χ0v) is 14.8. The number of piperazine rings is 1. The summed E-state index contributed by atoms with van der Waals surface area (Å²) in [6, 6.07) is 10.9. The number of hydrogen-bond donors (Lipinski definition) is 0. The lowest BCUT2D eigenvalue weighted by molar-refractivity contribution is -0.146. The molecule has 0 unspecified atom stereocenters. The molecule has 1 fully saturated rings. The molecule has 1 aliphatic rings. The molecule has 0 bridgehead atoms. The Kier molecular flexibility index (Phi) is 4.08. The quantitative estimate of drug-likeness (QED) is 0.664. The van der Waals surface area contributed by atoms with Gasteiger partial charge < -0.3 is 9.80 Å². The lowest BCUT2D eigenvalue weighted by Gasteiger charge is -2.33. The molecule has 7 nitrogen and oxygen atoms in total. The van der Waals surface area contributed by atoms with Crippen molar-refractivity contribution in [1.82, 2.24) is 19.5 Å². The van der Waals surface area contributed by atoms with Crippen molar-refractivity contribution in [2.75, 3.05) is 24.5 Å². The third-order valence-electron chi connectivity index (χ3n) is 4.50. The molecule has 4 rings (SSSR count). The lowest BCUT2D eigenvalue weighted by atomic mass is 10.1. The molecule has 2 aromatic heterocycles. The van der Waals surface area contributed by atoms with Crippen molar-refractivity contribution in [2.24, 2.45) is 0 Å². The number of anilines is 1. The highest BCUT2D eigenvalue weighted by molar-refractivity contribution is 6.41. The molecule has 1 saturated heterocycles. The number of aromatic nitrogens is 3. The van der Waals surface area contributed by atoms with E-state index in [4.69, 9.17) is 11.6 Å². The first-order valence-electron chi connectivity index (χ1n) is 8.30. The normalized spacial score (nSPS) is 15.2. The van der Waals surface area contributed by atoms with Crippen LogP contribution in [0.4, 0.5) is 5.69 Å². The van der Waals surface area contributed by atoms with Crippen LogP contribution in [0.5, 0.6) is 0 Å². The molecular formula is C18H16ClN5O2. The van der Waals surface area contributed by atoms with Crippen molar-refractivity contribution in [1.29, 1.82) is 0 Å². The van der Waals surface area contributed by atoms with Crippen molar-refractivity contribution in [3.8, 4) is 11.3 Å². The van der Waals surface area contributed by atoms with Gasteiger partial charge in [-0.15, -0.1) is 0 Å². The molecular weight excluding hydrogens is 354 g/mol. The summed E-state index contributed by atoms with van der Waals surface area (Å²) in [6.07, 6.45) is 1.72. The molecule has 132 valence electrons. The molecule has 2 amide bonds. The topological polar surface area (TPSA) is 70.8 Å². The highest BCUT2D eigenvalue weighted by atomic mass is 35.5. The van der Waals surface area contributed by atoms with Crippen molar-refractivity contribution < 1.29 is 9.59 Å². The number of carbonyl (C=O) groups is 2. The van der Waals surface area contributed by atoms with Crippen LogP contribution < -0.4 is 4.90 Å². The number of likely N-dealkylation sites (N-methyl/N-ethyl adjacent to an activating group) is 1. The first-order chi connectivity index (χ1) is 12.6. The third kappa shape index (κ3) is 2.70. The van der Waals surface area contributed by atoms with Crippen LogP contribution in [0, 0.1) is 0 Å². The summed E-state index contributed by atoms with van der Waals surface area (Å²) in [5.74, 6) is -0.947. The number of benzene rings is 1.